The van der Waals surface area contributed by atoms with Crippen LogP contribution in [0.1, 0.15) is 0 Å². The summed E-state index contributed by atoms with van der Waals surface area (Å²) in [7, 11) is 0. The summed E-state index contributed by atoms with van der Waals surface area (Å²) in [6.07, 6.45) is 1.54. The number of anilines is 2. The summed E-state index contributed by atoms with van der Waals surface area (Å²) in [5.41, 5.74) is 1.03. The minimum absolute atomic E-state index is 0.191. The molecule has 0 saturated heterocycles. The van der Waals surface area contributed by atoms with Gasteiger partial charge in [0, 0.05) is 18.0 Å². The molecule has 0 radical (unpaired) electrons. The molecule has 1 aromatic carbocycles. The first-order valence-electron chi connectivity index (χ1n) is 5.80. The molecule has 2 amide bonds. The molecule has 7 heteroatoms. The lowest BCUT2D eigenvalue weighted by Crippen LogP contribution is -2.19. The van der Waals surface area contributed by atoms with E-state index in [0.717, 1.165) is 0 Å². The Morgan fingerprint density at radius 2 is 2.05 bits per heavy atom. The van der Waals surface area contributed by atoms with E-state index in [1.807, 2.05) is 0 Å². The molecule has 1 aliphatic rings. The Hall–Kier alpha value is -2.47. The van der Waals surface area contributed by atoms with Gasteiger partial charge in [-0.15, -0.1) is 0 Å². The average molecular weight is 292 g/mol. The number of aromatic nitrogens is 1. The standard InChI is InChI=1S/C13H10ClN3O3/c14-12-9(2-1-5-15-12)17-13(18)16-8-3-4-10-11(6-8)20-7-19-10/h1-6H,7H2,(H2,16,17,18). The molecule has 0 atom stereocenters. The molecule has 6 nitrogen and oxygen atoms in total. The first kappa shape index (κ1) is 12.6. The number of hydrogen-bond acceptors (Lipinski definition) is 4. The first-order chi connectivity index (χ1) is 9.72. The van der Waals surface area contributed by atoms with Crippen LogP contribution in [0.2, 0.25) is 5.15 Å². The lowest BCUT2D eigenvalue weighted by atomic mass is 10.3. The van der Waals surface area contributed by atoms with Gasteiger partial charge >= 0.3 is 6.03 Å². The van der Waals surface area contributed by atoms with E-state index in [2.05, 4.69) is 15.6 Å². The summed E-state index contributed by atoms with van der Waals surface area (Å²) in [5, 5.41) is 5.52. The first-order valence-corrected chi connectivity index (χ1v) is 6.18. The van der Waals surface area contributed by atoms with E-state index >= 15 is 0 Å². The Labute approximate surface area is 119 Å². The van der Waals surface area contributed by atoms with E-state index in [9.17, 15) is 4.79 Å². The topological polar surface area (TPSA) is 72.5 Å². The molecule has 0 spiro atoms. The molecule has 0 unspecified atom stereocenters. The number of carbonyl (C=O) groups excluding carboxylic acids is 1. The van der Waals surface area contributed by atoms with Crippen LogP contribution in [0.15, 0.2) is 36.5 Å². The third-order valence-corrected chi connectivity index (χ3v) is 2.94. The number of rotatable bonds is 2. The Bertz CT molecular complexity index is 663. The molecule has 1 aliphatic heterocycles. The lowest BCUT2D eigenvalue weighted by molar-refractivity contribution is 0.174. The predicted molar refractivity (Wildman–Crippen MR) is 74.5 cm³/mol. The minimum atomic E-state index is -0.418. The number of hydrogen-bond donors (Lipinski definition) is 2. The van der Waals surface area contributed by atoms with E-state index in [1.54, 1.807) is 36.5 Å². The highest BCUT2D eigenvalue weighted by Gasteiger charge is 2.14. The molecule has 2 N–H and O–H groups in total. The fourth-order valence-electron chi connectivity index (χ4n) is 1.74. The summed E-state index contributed by atoms with van der Waals surface area (Å²) < 4.78 is 10.4. The highest BCUT2D eigenvalue weighted by atomic mass is 35.5. The fourth-order valence-corrected chi connectivity index (χ4v) is 1.90. The van der Waals surface area contributed by atoms with Gasteiger partial charge in [0.1, 0.15) is 0 Å². The number of benzene rings is 1. The van der Waals surface area contributed by atoms with Crippen LogP contribution in [0.25, 0.3) is 0 Å². The van der Waals surface area contributed by atoms with Crippen molar-refractivity contribution in [1.29, 1.82) is 0 Å². The van der Waals surface area contributed by atoms with Crippen LogP contribution in [-0.4, -0.2) is 17.8 Å². The van der Waals surface area contributed by atoms with Gasteiger partial charge in [0.15, 0.2) is 16.7 Å². The molecule has 1 aromatic heterocycles. The minimum Gasteiger partial charge on any atom is -0.454 e. The Kier molecular flexibility index (Phi) is 3.30. The Balaban J connectivity index is 1.69. The van der Waals surface area contributed by atoms with Gasteiger partial charge in [-0.25, -0.2) is 9.78 Å². The number of halogens is 1. The van der Waals surface area contributed by atoms with Crippen molar-refractivity contribution in [3.05, 3.63) is 41.7 Å². The van der Waals surface area contributed by atoms with Gasteiger partial charge in [-0.2, -0.15) is 0 Å². The molecule has 3 rings (SSSR count). The highest BCUT2D eigenvalue weighted by molar-refractivity contribution is 6.32. The number of nitrogens with zero attached hydrogens (tertiary/aromatic N) is 1. The van der Waals surface area contributed by atoms with Gasteiger partial charge in [-0.1, -0.05) is 11.6 Å². The largest absolute Gasteiger partial charge is 0.454 e. The number of carbonyl (C=O) groups is 1. The van der Waals surface area contributed by atoms with E-state index in [4.69, 9.17) is 21.1 Å². The molecular weight excluding hydrogens is 282 g/mol. The summed E-state index contributed by atoms with van der Waals surface area (Å²) in [5.74, 6) is 1.26. The molecule has 0 bridgehead atoms. The maximum absolute atomic E-state index is 11.9. The van der Waals surface area contributed by atoms with Crippen molar-refractivity contribution in [2.24, 2.45) is 0 Å². The molecule has 0 fully saturated rings. The van der Waals surface area contributed by atoms with Crippen molar-refractivity contribution in [3.8, 4) is 11.5 Å². The Morgan fingerprint density at radius 1 is 1.20 bits per heavy atom. The second kappa shape index (κ2) is 5.26. The SMILES string of the molecule is O=C(Nc1ccc2c(c1)OCO2)Nc1cccnc1Cl. The van der Waals surface area contributed by atoms with Crippen LogP contribution in [-0.2, 0) is 0 Å². The fraction of sp³-hybridized carbons (Fsp3) is 0.0769. The van der Waals surface area contributed by atoms with E-state index < -0.39 is 6.03 Å². The van der Waals surface area contributed by atoms with Crippen LogP contribution in [0, 0.1) is 0 Å². The number of nitrogens with one attached hydrogen (secondary N) is 2. The van der Waals surface area contributed by atoms with Gasteiger partial charge in [-0.3, -0.25) is 0 Å². The number of pyridine rings is 1. The quantitative estimate of drug-likeness (QED) is 0.834. The summed E-state index contributed by atoms with van der Waals surface area (Å²) >= 11 is 5.86. The van der Waals surface area contributed by atoms with Crippen molar-refractivity contribution >= 4 is 29.0 Å². The smallest absolute Gasteiger partial charge is 0.323 e. The van der Waals surface area contributed by atoms with Gasteiger partial charge in [0.05, 0.1) is 5.69 Å². The van der Waals surface area contributed by atoms with E-state index in [-0.39, 0.29) is 11.9 Å². The maximum atomic E-state index is 11.9. The second-order valence-electron chi connectivity index (χ2n) is 3.99. The van der Waals surface area contributed by atoms with E-state index in [0.29, 0.717) is 22.9 Å². The number of fused-ring (bicyclic) bond motifs is 1. The van der Waals surface area contributed by atoms with Gasteiger partial charge < -0.3 is 20.1 Å². The van der Waals surface area contributed by atoms with Crippen molar-refractivity contribution in [1.82, 2.24) is 4.98 Å². The monoisotopic (exact) mass is 291 g/mol. The van der Waals surface area contributed by atoms with Crippen molar-refractivity contribution < 1.29 is 14.3 Å². The number of urea groups is 1. The van der Waals surface area contributed by atoms with Gasteiger partial charge in [0.2, 0.25) is 6.79 Å². The zero-order valence-corrected chi connectivity index (χ0v) is 11.0. The predicted octanol–water partition coefficient (Wildman–Crippen LogP) is 3.11. The number of amides is 2. The van der Waals surface area contributed by atoms with E-state index in [1.165, 1.54) is 0 Å². The molecule has 0 saturated carbocycles. The van der Waals surface area contributed by atoms with Crippen molar-refractivity contribution in [2.45, 2.75) is 0 Å². The van der Waals surface area contributed by atoms with Crippen LogP contribution >= 0.6 is 11.6 Å². The zero-order valence-electron chi connectivity index (χ0n) is 10.2. The summed E-state index contributed by atoms with van der Waals surface area (Å²) in [4.78, 5) is 15.7. The van der Waals surface area contributed by atoms with Crippen LogP contribution in [0.4, 0.5) is 16.2 Å². The average Bonchev–Trinajstić information content (AvgIpc) is 2.89. The molecular formula is C13H10ClN3O3. The van der Waals surface area contributed by atoms with Crippen molar-refractivity contribution in [3.63, 3.8) is 0 Å². The molecule has 2 heterocycles. The van der Waals surface area contributed by atoms with Gasteiger partial charge in [-0.05, 0) is 24.3 Å². The van der Waals surface area contributed by atoms with Crippen molar-refractivity contribution in [2.75, 3.05) is 17.4 Å². The summed E-state index contributed by atoms with van der Waals surface area (Å²) in [6.45, 7) is 0.191. The van der Waals surface area contributed by atoms with Gasteiger partial charge in [0.25, 0.3) is 0 Å². The molecule has 0 aliphatic carbocycles. The molecule has 2 aromatic rings. The Morgan fingerprint density at radius 3 is 2.90 bits per heavy atom. The van der Waals surface area contributed by atoms with Crippen LogP contribution < -0.4 is 20.1 Å². The zero-order chi connectivity index (χ0) is 13.9. The van der Waals surface area contributed by atoms with Crippen LogP contribution in [0.3, 0.4) is 0 Å². The second-order valence-corrected chi connectivity index (χ2v) is 4.35. The molecule has 102 valence electrons. The molecule has 20 heavy (non-hydrogen) atoms. The third-order valence-electron chi connectivity index (χ3n) is 2.64. The third kappa shape index (κ3) is 2.60. The highest BCUT2D eigenvalue weighted by Crippen LogP contribution is 2.34. The summed E-state index contributed by atoms with van der Waals surface area (Å²) in [6, 6.07) is 8.06. The normalized spacial score (nSPS) is 12.1. The van der Waals surface area contributed by atoms with Crippen LogP contribution in [0.5, 0.6) is 11.5 Å². The maximum Gasteiger partial charge on any atom is 0.323 e. The lowest BCUT2D eigenvalue weighted by Gasteiger charge is -2.08. The number of ether oxygens (including phenoxy) is 2.